The van der Waals surface area contributed by atoms with Crippen molar-refractivity contribution in [3.05, 3.63) is 77.6 Å². The summed E-state index contributed by atoms with van der Waals surface area (Å²) in [6, 6.07) is 20.0. The van der Waals surface area contributed by atoms with E-state index < -0.39 is 8.07 Å². The van der Waals surface area contributed by atoms with Gasteiger partial charge in [-0.05, 0) is 5.56 Å². The molecule has 0 saturated heterocycles. The van der Waals surface area contributed by atoms with Crippen LogP contribution >= 0.6 is 0 Å². The Morgan fingerprint density at radius 1 is 1.00 bits per heavy atom. The van der Waals surface area contributed by atoms with Gasteiger partial charge in [0.1, 0.15) is 25.3 Å². The zero-order valence-corrected chi connectivity index (χ0v) is 16.4. The number of carbonyl (C=O) groups is 1. The average molecular weight is 359 g/mol. The minimum Gasteiger partial charge on any atom is -0.316 e. The highest BCUT2D eigenvalue weighted by atomic mass is 28.3. The first-order chi connectivity index (χ1) is 12.5. The van der Waals surface area contributed by atoms with Crippen molar-refractivity contribution in [3.8, 4) is 22.9 Å². The maximum absolute atomic E-state index is 11.9. The van der Waals surface area contributed by atoms with Crippen LogP contribution in [0.2, 0.25) is 19.6 Å². The molecule has 0 amide bonds. The van der Waals surface area contributed by atoms with E-state index in [1.807, 2.05) is 53.1 Å². The second-order valence-corrected chi connectivity index (χ2v) is 12.0. The minimum absolute atomic E-state index is 0.540. The van der Waals surface area contributed by atoms with Gasteiger partial charge in [0.25, 0.3) is 0 Å². The first-order valence-corrected chi connectivity index (χ1v) is 12.2. The molecule has 0 N–H and O–H groups in total. The van der Waals surface area contributed by atoms with Gasteiger partial charge in [-0.1, -0.05) is 86.2 Å². The largest absolute Gasteiger partial charge is 0.316 e. The van der Waals surface area contributed by atoms with Crippen molar-refractivity contribution in [2.75, 3.05) is 0 Å². The van der Waals surface area contributed by atoms with Crippen LogP contribution in [-0.2, 0) is 6.54 Å². The van der Waals surface area contributed by atoms with E-state index in [1.165, 1.54) is 0 Å². The Balaban J connectivity index is 2.16. The molecule has 0 radical (unpaired) electrons. The summed E-state index contributed by atoms with van der Waals surface area (Å²) in [7, 11) is -1.56. The second kappa shape index (κ2) is 7.55. The summed E-state index contributed by atoms with van der Waals surface area (Å²) < 4.78 is 1.96. The standard InChI is InChI=1S/C22H22N2OSi/c1-26(2,3)15-14-20-21(17-25)24(16-18-10-6-4-7-11-18)22(23-20)19-12-8-5-9-13-19/h4-13,17H,16H2,1-3H3. The highest BCUT2D eigenvalue weighted by molar-refractivity contribution is 6.83. The molecule has 0 atom stereocenters. The second-order valence-electron chi connectivity index (χ2n) is 7.22. The van der Waals surface area contributed by atoms with Crippen LogP contribution in [0.4, 0.5) is 0 Å². The Morgan fingerprint density at radius 3 is 2.19 bits per heavy atom. The number of carbonyl (C=O) groups excluding carboxylic acids is 1. The van der Waals surface area contributed by atoms with Crippen molar-refractivity contribution in [1.82, 2.24) is 9.55 Å². The molecule has 1 aromatic heterocycles. The molecular formula is C22H22N2OSi. The van der Waals surface area contributed by atoms with Crippen molar-refractivity contribution in [2.45, 2.75) is 26.2 Å². The number of imidazole rings is 1. The number of aromatic nitrogens is 2. The molecule has 0 spiro atoms. The average Bonchev–Trinajstić information content (AvgIpc) is 2.98. The minimum atomic E-state index is -1.56. The van der Waals surface area contributed by atoms with E-state index in [-0.39, 0.29) is 0 Å². The van der Waals surface area contributed by atoms with Crippen LogP contribution < -0.4 is 0 Å². The molecule has 0 aliphatic carbocycles. The molecule has 1 heterocycles. The van der Waals surface area contributed by atoms with E-state index in [0.717, 1.165) is 23.2 Å². The lowest BCUT2D eigenvalue weighted by atomic mass is 10.2. The molecule has 130 valence electrons. The molecule has 3 aromatic rings. The molecule has 0 aliphatic heterocycles. The van der Waals surface area contributed by atoms with Gasteiger partial charge < -0.3 is 4.57 Å². The zero-order chi connectivity index (χ0) is 18.6. The summed E-state index contributed by atoms with van der Waals surface area (Å²) >= 11 is 0. The normalized spacial score (nSPS) is 10.9. The van der Waals surface area contributed by atoms with Gasteiger partial charge in [0.15, 0.2) is 6.29 Å². The van der Waals surface area contributed by atoms with Crippen LogP contribution in [0.1, 0.15) is 21.7 Å². The third kappa shape index (κ3) is 4.19. The summed E-state index contributed by atoms with van der Waals surface area (Å²) in [5.41, 5.74) is 6.53. The molecule has 2 aromatic carbocycles. The lowest BCUT2D eigenvalue weighted by molar-refractivity contribution is 0.111. The van der Waals surface area contributed by atoms with Crippen LogP contribution in [0.15, 0.2) is 60.7 Å². The summed E-state index contributed by atoms with van der Waals surface area (Å²) in [4.78, 5) is 16.6. The maximum atomic E-state index is 11.9. The van der Waals surface area contributed by atoms with Gasteiger partial charge in [-0.15, -0.1) is 5.54 Å². The van der Waals surface area contributed by atoms with E-state index in [0.29, 0.717) is 17.9 Å². The third-order valence-corrected chi connectivity index (χ3v) is 4.76. The van der Waals surface area contributed by atoms with Gasteiger partial charge in [0, 0.05) is 12.1 Å². The van der Waals surface area contributed by atoms with Crippen molar-refractivity contribution in [3.63, 3.8) is 0 Å². The maximum Gasteiger partial charge on any atom is 0.169 e. The monoisotopic (exact) mass is 358 g/mol. The molecule has 26 heavy (non-hydrogen) atoms. The smallest absolute Gasteiger partial charge is 0.169 e. The van der Waals surface area contributed by atoms with E-state index in [1.54, 1.807) is 0 Å². The van der Waals surface area contributed by atoms with Crippen LogP contribution in [0.5, 0.6) is 0 Å². The SMILES string of the molecule is C[Si](C)(C)C#Cc1nc(-c2ccccc2)n(Cc2ccccc2)c1C=O. The molecule has 3 rings (SSSR count). The lowest BCUT2D eigenvalue weighted by Gasteiger charge is -2.10. The van der Waals surface area contributed by atoms with Gasteiger partial charge in [0.05, 0.1) is 0 Å². The molecule has 4 heteroatoms. The van der Waals surface area contributed by atoms with Gasteiger partial charge in [-0.2, -0.15) is 0 Å². The molecule has 3 nitrogen and oxygen atoms in total. The number of benzene rings is 2. The number of hydrogen-bond donors (Lipinski definition) is 0. The Hall–Kier alpha value is -2.90. The van der Waals surface area contributed by atoms with Gasteiger partial charge >= 0.3 is 0 Å². The highest BCUT2D eigenvalue weighted by Gasteiger charge is 2.18. The first kappa shape index (κ1) is 17.9. The highest BCUT2D eigenvalue weighted by Crippen LogP contribution is 2.23. The molecular weight excluding hydrogens is 336 g/mol. The lowest BCUT2D eigenvalue weighted by Crippen LogP contribution is -2.16. The Bertz CT molecular complexity index is 958. The number of hydrogen-bond acceptors (Lipinski definition) is 2. The molecule has 0 aliphatic rings. The molecule has 0 saturated carbocycles. The van der Waals surface area contributed by atoms with Gasteiger partial charge in [-0.25, -0.2) is 4.98 Å². The van der Waals surface area contributed by atoms with Crippen LogP contribution in [0.3, 0.4) is 0 Å². The summed E-state index contributed by atoms with van der Waals surface area (Å²) in [6.07, 6.45) is 0.872. The van der Waals surface area contributed by atoms with Gasteiger partial charge in [0.2, 0.25) is 0 Å². The fourth-order valence-corrected chi connectivity index (χ4v) is 3.15. The van der Waals surface area contributed by atoms with Crippen LogP contribution in [-0.4, -0.2) is 23.9 Å². The van der Waals surface area contributed by atoms with E-state index in [9.17, 15) is 4.79 Å². The van der Waals surface area contributed by atoms with Crippen molar-refractivity contribution >= 4 is 14.4 Å². The van der Waals surface area contributed by atoms with Crippen LogP contribution in [0, 0.1) is 11.5 Å². The number of nitrogens with zero attached hydrogens (tertiary/aromatic N) is 2. The van der Waals surface area contributed by atoms with Crippen LogP contribution in [0.25, 0.3) is 11.4 Å². The fraction of sp³-hybridized carbons (Fsp3) is 0.182. The Kier molecular flexibility index (Phi) is 5.20. The van der Waals surface area contributed by atoms with Crippen molar-refractivity contribution < 1.29 is 4.79 Å². The summed E-state index contributed by atoms with van der Waals surface area (Å²) in [5, 5.41) is 0. The fourth-order valence-electron chi connectivity index (χ4n) is 2.66. The van der Waals surface area contributed by atoms with E-state index in [4.69, 9.17) is 4.98 Å². The van der Waals surface area contributed by atoms with Gasteiger partial charge in [-0.3, -0.25) is 4.79 Å². The molecule has 0 unspecified atom stereocenters. The van der Waals surface area contributed by atoms with Crippen molar-refractivity contribution in [1.29, 1.82) is 0 Å². The van der Waals surface area contributed by atoms with Crippen molar-refractivity contribution in [2.24, 2.45) is 0 Å². The first-order valence-electron chi connectivity index (χ1n) is 8.66. The van der Waals surface area contributed by atoms with E-state index in [2.05, 4.69) is 43.2 Å². The quantitative estimate of drug-likeness (QED) is 0.387. The van der Waals surface area contributed by atoms with E-state index >= 15 is 0 Å². The summed E-state index contributed by atoms with van der Waals surface area (Å²) in [5.74, 6) is 3.94. The molecule has 0 bridgehead atoms. The topological polar surface area (TPSA) is 34.9 Å². The Labute approximate surface area is 155 Å². The predicted octanol–water partition coefficient (Wildman–Crippen LogP) is 4.64. The summed E-state index contributed by atoms with van der Waals surface area (Å²) in [6.45, 7) is 7.12. The Morgan fingerprint density at radius 2 is 1.62 bits per heavy atom. The third-order valence-electron chi connectivity index (χ3n) is 3.89. The number of rotatable bonds is 4. The zero-order valence-electron chi connectivity index (χ0n) is 15.4. The predicted molar refractivity (Wildman–Crippen MR) is 109 cm³/mol. The molecule has 0 fully saturated rings. The number of aldehydes is 1.